The number of primary amides is 1. The summed E-state index contributed by atoms with van der Waals surface area (Å²) in [6, 6.07) is 4.82. The molecule has 0 saturated heterocycles. The number of hydrogen-bond acceptors (Lipinski definition) is 4. The van der Waals surface area contributed by atoms with Gasteiger partial charge in [0.05, 0.1) is 0 Å². The number of aromatic nitrogens is 1. The SMILES string of the molecule is CCC(C)N(CC(=O)O)c1cccc(C(N)=O)n1. The fraction of sp³-hybridized carbons (Fsp3) is 0.417. The van der Waals surface area contributed by atoms with Crippen LogP contribution in [0.15, 0.2) is 18.2 Å². The predicted octanol–water partition coefficient (Wildman–Crippen LogP) is 0.870. The molecule has 1 rings (SSSR count). The smallest absolute Gasteiger partial charge is 0.323 e. The van der Waals surface area contributed by atoms with E-state index in [-0.39, 0.29) is 18.3 Å². The normalized spacial score (nSPS) is 11.9. The summed E-state index contributed by atoms with van der Waals surface area (Å²) < 4.78 is 0. The first-order chi connectivity index (χ1) is 8.45. The third-order valence-corrected chi connectivity index (χ3v) is 2.71. The van der Waals surface area contributed by atoms with Gasteiger partial charge in [-0.25, -0.2) is 4.98 Å². The monoisotopic (exact) mass is 251 g/mol. The molecule has 0 bridgehead atoms. The molecule has 1 aromatic rings. The number of carbonyl (C=O) groups excluding carboxylic acids is 1. The van der Waals surface area contributed by atoms with Gasteiger partial charge in [0.25, 0.3) is 5.91 Å². The highest BCUT2D eigenvalue weighted by atomic mass is 16.4. The zero-order valence-electron chi connectivity index (χ0n) is 10.5. The van der Waals surface area contributed by atoms with Crippen LogP contribution < -0.4 is 10.6 Å². The molecule has 6 heteroatoms. The van der Waals surface area contributed by atoms with Crippen LogP contribution in [0.5, 0.6) is 0 Å². The first-order valence-corrected chi connectivity index (χ1v) is 5.71. The van der Waals surface area contributed by atoms with Crippen LogP contribution in [0.3, 0.4) is 0 Å². The van der Waals surface area contributed by atoms with E-state index in [1.807, 2.05) is 13.8 Å². The van der Waals surface area contributed by atoms with Gasteiger partial charge >= 0.3 is 5.97 Å². The van der Waals surface area contributed by atoms with E-state index >= 15 is 0 Å². The van der Waals surface area contributed by atoms with E-state index in [0.717, 1.165) is 6.42 Å². The summed E-state index contributed by atoms with van der Waals surface area (Å²) in [5, 5.41) is 8.91. The molecule has 6 nitrogen and oxygen atoms in total. The molecule has 0 aliphatic rings. The molecule has 0 saturated carbocycles. The van der Waals surface area contributed by atoms with Crippen molar-refractivity contribution in [2.45, 2.75) is 26.3 Å². The molecule has 3 N–H and O–H groups in total. The predicted molar refractivity (Wildman–Crippen MR) is 67.5 cm³/mol. The lowest BCUT2D eigenvalue weighted by Gasteiger charge is -2.28. The van der Waals surface area contributed by atoms with Crippen LogP contribution in [-0.2, 0) is 4.79 Å². The first-order valence-electron chi connectivity index (χ1n) is 5.71. The number of carboxylic acids is 1. The molecule has 0 radical (unpaired) electrons. The standard InChI is InChI=1S/C12H17N3O3/c1-3-8(2)15(7-11(16)17)10-6-4-5-9(14-10)12(13)18/h4-6,8H,3,7H2,1-2H3,(H2,13,18)(H,16,17). The highest BCUT2D eigenvalue weighted by Crippen LogP contribution is 2.16. The van der Waals surface area contributed by atoms with Crippen molar-refractivity contribution in [3.8, 4) is 0 Å². The Balaban J connectivity index is 3.07. The Bertz CT molecular complexity index is 448. The number of aliphatic carboxylic acids is 1. The summed E-state index contributed by atoms with van der Waals surface area (Å²) in [7, 11) is 0. The maximum atomic E-state index is 11.1. The van der Waals surface area contributed by atoms with Crippen LogP contribution >= 0.6 is 0 Å². The van der Waals surface area contributed by atoms with Gasteiger partial charge in [-0.15, -0.1) is 0 Å². The highest BCUT2D eigenvalue weighted by Gasteiger charge is 2.18. The quantitative estimate of drug-likeness (QED) is 0.782. The van der Waals surface area contributed by atoms with E-state index < -0.39 is 11.9 Å². The van der Waals surface area contributed by atoms with Crippen LogP contribution in [-0.4, -0.2) is 34.6 Å². The van der Waals surface area contributed by atoms with Crippen LogP contribution in [0.4, 0.5) is 5.82 Å². The van der Waals surface area contributed by atoms with E-state index in [0.29, 0.717) is 5.82 Å². The molecule has 0 spiro atoms. The van der Waals surface area contributed by atoms with Crippen molar-refractivity contribution < 1.29 is 14.7 Å². The molecule has 98 valence electrons. The molecule has 1 unspecified atom stereocenters. The molecule has 18 heavy (non-hydrogen) atoms. The molecule has 1 amide bonds. The van der Waals surface area contributed by atoms with Crippen molar-refractivity contribution >= 4 is 17.7 Å². The van der Waals surface area contributed by atoms with Crippen molar-refractivity contribution in [1.82, 2.24) is 4.98 Å². The Morgan fingerprint density at radius 1 is 1.50 bits per heavy atom. The number of amides is 1. The number of nitrogens with zero attached hydrogens (tertiary/aromatic N) is 2. The molecule has 0 aromatic carbocycles. The van der Waals surface area contributed by atoms with Gasteiger partial charge in [0.2, 0.25) is 0 Å². The number of carbonyl (C=O) groups is 2. The minimum Gasteiger partial charge on any atom is -0.480 e. The number of rotatable bonds is 6. The van der Waals surface area contributed by atoms with E-state index in [9.17, 15) is 9.59 Å². The van der Waals surface area contributed by atoms with E-state index in [1.54, 1.807) is 17.0 Å². The molecule has 0 aliphatic heterocycles. The molecule has 1 aromatic heterocycles. The van der Waals surface area contributed by atoms with Gasteiger partial charge in [0.1, 0.15) is 18.1 Å². The number of anilines is 1. The summed E-state index contributed by atoms with van der Waals surface area (Å²) in [6.07, 6.45) is 0.774. The minimum atomic E-state index is -0.943. The van der Waals surface area contributed by atoms with Crippen molar-refractivity contribution in [2.24, 2.45) is 5.73 Å². The zero-order chi connectivity index (χ0) is 13.7. The lowest BCUT2D eigenvalue weighted by atomic mass is 10.2. The first kappa shape index (κ1) is 14.0. The average Bonchev–Trinajstić information content (AvgIpc) is 2.35. The van der Waals surface area contributed by atoms with Crippen LogP contribution in [0.25, 0.3) is 0 Å². The maximum absolute atomic E-state index is 11.1. The second kappa shape index (κ2) is 6.00. The maximum Gasteiger partial charge on any atom is 0.323 e. The van der Waals surface area contributed by atoms with Gasteiger partial charge in [-0.05, 0) is 25.5 Å². The number of hydrogen-bond donors (Lipinski definition) is 2. The molecule has 1 atom stereocenters. The largest absolute Gasteiger partial charge is 0.480 e. The Kier molecular flexibility index (Phi) is 4.65. The molecule has 0 aliphatic carbocycles. The summed E-state index contributed by atoms with van der Waals surface area (Å²) >= 11 is 0. The fourth-order valence-corrected chi connectivity index (χ4v) is 1.55. The Morgan fingerprint density at radius 3 is 2.67 bits per heavy atom. The van der Waals surface area contributed by atoms with Crippen molar-refractivity contribution in [3.05, 3.63) is 23.9 Å². The number of nitrogens with two attached hydrogens (primary N) is 1. The minimum absolute atomic E-state index is 0.0109. The van der Waals surface area contributed by atoms with Crippen molar-refractivity contribution in [1.29, 1.82) is 0 Å². The highest BCUT2D eigenvalue weighted by molar-refractivity contribution is 5.91. The summed E-state index contributed by atoms with van der Waals surface area (Å²) in [4.78, 5) is 27.6. The fourth-order valence-electron chi connectivity index (χ4n) is 1.55. The number of pyridine rings is 1. The van der Waals surface area contributed by atoms with Gasteiger partial charge in [0, 0.05) is 6.04 Å². The molecular formula is C12H17N3O3. The van der Waals surface area contributed by atoms with E-state index in [1.165, 1.54) is 6.07 Å². The second-order valence-electron chi connectivity index (χ2n) is 4.02. The second-order valence-corrected chi connectivity index (χ2v) is 4.02. The van der Waals surface area contributed by atoms with Gasteiger partial charge in [-0.2, -0.15) is 0 Å². The van der Waals surface area contributed by atoms with Gasteiger partial charge in [0.15, 0.2) is 0 Å². The molecule has 0 fully saturated rings. The van der Waals surface area contributed by atoms with Crippen LogP contribution in [0.2, 0.25) is 0 Å². The van der Waals surface area contributed by atoms with Gasteiger partial charge < -0.3 is 15.7 Å². The zero-order valence-corrected chi connectivity index (χ0v) is 10.5. The van der Waals surface area contributed by atoms with Gasteiger partial charge in [-0.1, -0.05) is 13.0 Å². The topological polar surface area (TPSA) is 96.5 Å². The molecular weight excluding hydrogens is 234 g/mol. The van der Waals surface area contributed by atoms with Crippen molar-refractivity contribution in [3.63, 3.8) is 0 Å². The lowest BCUT2D eigenvalue weighted by Crippen LogP contribution is -2.38. The van der Waals surface area contributed by atoms with Crippen LogP contribution in [0, 0.1) is 0 Å². The van der Waals surface area contributed by atoms with E-state index in [4.69, 9.17) is 10.8 Å². The summed E-state index contributed by atoms with van der Waals surface area (Å²) in [6.45, 7) is 3.70. The lowest BCUT2D eigenvalue weighted by molar-refractivity contribution is -0.135. The third kappa shape index (κ3) is 3.44. The van der Waals surface area contributed by atoms with Gasteiger partial charge in [-0.3, -0.25) is 9.59 Å². The molecule has 1 heterocycles. The summed E-state index contributed by atoms with van der Waals surface area (Å²) in [5.74, 6) is -1.12. The summed E-state index contributed by atoms with van der Waals surface area (Å²) in [5.41, 5.74) is 5.29. The number of carboxylic acid groups (broad SMARTS) is 1. The Morgan fingerprint density at radius 2 is 2.17 bits per heavy atom. The third-order valence-electron chi connectivity index (χ3n) is 2.71. The Hall–Kier alpha value is -2.11. The van der Waals surface area contributed by atoms with E-state index in [2.05, 4.69) is 4.98 Å². The Labute approximate surface area is 105 Å². The average molecular weight is 251 g/mol. The van der Waals surface area contributed by atoms with Crippen molar-refractivity contribution in [2.75, 3.05) is 11.4 Å². The van der Waals surface area contributed by atoms with Crippen LogP contribution in [0.1, 0.15) is 30.8 Å².